The summed E-state index contributed by atoms with van der Waals surface area (Å²) in [6.07, 6.45) is 2.23. The largest absolute Gasteiger partial charge is 0.360 e. The van der Waals surface area contributed by atoms with Gasteiger partial charge in [-0.05, 0) is 37.5 Å². The van der Waals surface area contributed by atoms with Crippen LogP contribution in [0.15, 0.2) is 28.8 Å². The molecule has 0 aliphatic heterocycles. The number of nitrogens with one attached hydrogen (secondary N) is 1. The molecule has 1 amide bonds. The number of nitrogens with zero attached hydrogens (tertiary/aromatic N) is 1. The van der Waals surface area contributed by atoms with Crippen molar-refractivity contribution in [1.82, 2.24) is 5.16 Å². The van der Waals surface area contributed by atoms with Gasteiger partial charge in [0.15, 0.2) is 5.69 Å². The van der Waals surface area contributed by atoms with E-state index in [-0.39, 0.29) is 5.91 Å². The van der Waals surface area contributed by atoms with E-state index in [0.717, 1.165) is 24.2 Å². The first-order chi connectivity index (χ1) is 9.13. The molecule has 1 aromatic carbocycles. The molecule has 1 N–H and O–H groups in total. The highest BCUT2D eigenvalue weighted by atomic mass is 35.5. The van der Waals surface area contributed by atoms with Crippen molar-refractivity contribution in [2.45, 2.75) is 25.7 Å². The van der Waals surface area contributed by atoms with Crippen LogP contribution in [-0.4, -0.2) is 11.1 Å². The van der Waals surface area contributed by atoms with Gasteiger partial charge in [0.25, 0.3) is 5.91 Å². The van der Waals surface area contributed by atoms with E-state index in [1.807, 2.05) is 13.0 Å². The van der Waals surface area contributed by atoms with Crippen LogP contribution >= 0.6 is 11.6 Å². The molecule has 1 saturated carbocycles. The maximum atomic E-state index is 12.0. The Morgan fingerprint density at radius 1 is 1.42 bits per heavy atom. The van der Waals surface area contributed by atoms with Crippen LogP contribution in [0.25, 0.3) is 0 Å². The molecule has 1 aromatic heterocycles. The lowest BCUT2D eigenvalue weighted by atomic mass is 10.2. The van der Waals surface area contributed by atoms with Gasteiger partial charge in [0.1, 0.15) is 5.76 Å². The van der Waals surface area contributed by atoms with E-state index >= 15 is 0 Å². The van der Waals surface area contributed by atoms with Crippen LogP contribution in [0, 0.1) is 6.92 Å². The summed E-state index contributed by atoms with van der Waals surface area (Å²) in [6.45, 7) is 1.91. The fraction of sp³-hybridized carbons (Fsp3) is 0.286. The molecular weight excluding hydrogens is 264 g/mol. The van der Waals surface area contributed by atoms with Crippen LogP contribution in [0.2, 0.25) is 5.02 Å². The summed E-state index contributed by atoms with van der Waals surface area (Å²) in [7, 11) is 0. The number of hydrogen-bond acceptors (Lipinski definition) is 3. The summed E-state index contributed by atoms with van der Waals surface area (Å²) in [5.74, 6) is 0.963. The van der Waals surface area contributed by atoms with Gasteiger partial charge < -0.3 is 9.84 Å². The van der Waals surface area contributed by atoms with Crippen molar-refractivity contribution in [3.63, 3.8) is 0 Å². The number of halogens is 1. The lowest BCUT2D eigenvalue weighted by Crippen LogP contribution is -2.12. The minimum Gasteiger partial charge on any atom is -0.360 e. The van der Waals surface area contributed by atoms with E-state index in [4.69, 9.17) is 16.1 Å². The van der Waals surface area contributed by atoms with E-state index in [1.165, 1.54) is 0 Å². The Labute approximate surface area is 115 Å². The minimum atomic E-state index is -0.282. The third-order valence-electron chi connectivity index (χ3n) is 3.17. The molecule has 3 rings (SSSR count). The number of hydrogen-bond donors (Lipinski definition) is 1. The van der Waals surface area contributed by atoms with Crippen molar-refractivity contribution < 1.29 is 9.32 Å². The summed E-state index contributed by atoms with van der Waals surface area (Å²) >= 11 is 6.01. The predicted octanol–water partition coefficient (Wildman–Crippen LogP) is 3.77. The first-order valence-corrected chi connectivity index (χ1v) is 6.55. The minimum absolute atomic E-state index is 0.282. The highest BCUT2D eigenvalue weighted by Gasteiger charge is 2.28. The van der Waals surface area contributed by atoms with Crippen molar-refractivity contribution >= 4 is 23.2 Å². The quantitative estimate of drug-likeness (QED) is 0.928. The van der Waals surface area contributed by atoms with Gasteiger partial charge in [-0.1, -0.05) is 22.8 Å². The van der Waals surface area contributed by atoms with E-state index in [9.17, 15) is 4.79 Å². The Bertz CT molecular complexity index is 632. The third-order valence-corrected chi connectivity index (χ3v) is 3.58. The molecule has 19 heavy (non-hydrogen) atoms. The van der Waals surface area contributed by atoms with Crippen LogP contribution < -0.4 is 5.32 Å². The highest BCUT2D eigenvalue weighted by molar-refractivity contribution is 6.31. The molecule has 0 atom stereocenters. The van der Waals surface area contributed by atoms with E-state index in [1.54, 1.807) is 18.2 Å². The summed E-state index contributed by atoms with van der Waals surface area (Å²) < 4.78 is 5.15. The molecule has 4 nitrogen and oxygen atoms in total. The van der Waals surface area contributed by atoms with Crippen LogP contribution in [0.3, 0.4) is 0 Å². The Morgan fingerprint density at radius 3 is 2.89 bits per heavy atom. The fourth-order valence-corrected chi connectivity index (χ4v) is 2.00. The number of benzene rings is 1. The Balaban J connectivity index is 1.74. The average Bonchev–Trinajstić information content (AvgIpc) is 3.11. The van der Waals surface area contributed by atoms with Gasteiger partial charge in [0.05, 0.1) is 0 Å². The number of rotatable bonds is 3. The lowest BCUT2D eigenvalue weighted by Gasteiger charge is -2.04. The van der Waals surface area contributed by atoms with E-state index in [2.05, 4.69) is 10.5 Å². The number of carbonyl (C=O) groups excluding carboxylic acids is 1. The molecule has 0 radical (unpaired) electrons. The van der Waals surface area contributed by atoms with Crippen LogP contribution in [0.4, 0.5) is 5.69 Å². The monoisotopic (exact) mass is 276 g/mol. The van der Waals surface area contributed by atoms with Gasteiger partial charge in [0, 0.05) is 22.7 Å². The maximum Gasteiger partial charge on any atom is 0.277 e. The normalized spacial score (nSPS) is 14.4. The summed E-state index contributed by atoms with van der Waals surface area (Å²) in [4.78, 5) is 12.0. The molecule has 98 valence electrons. The summed E-state index contributed by atoms with van der Waals surface area (Å²) in [5, 5.41) is 7.17. The number of carbonyl (C=O) groups is 1. The number of amides is 1. The van der Waals surface area contributed by atoms with Crippen LogP contribution in [0.1, 0.15) is 40.6 Å². The molecule has 1 aliphatic carbocycles. The van der Waals surface area contributed by atoms with Gasteiger partial charge in [0.2, 0.25) is 0 Å². The molecular formula is C14H13ClN2O2. The van der Waals surface area contributed by atoms with E-state index < -0.39 is 0 Å². The van der Waals surface area contributed by atoms with Gasteiger partial charge in [-0.25, -0.2) is 0 Å². The lowest BCUT2D eigenvalue weighted by molar-refractivity contribution is 0.101. The predicted molar refractivity (Wildman–Crippen MR) is 72.6 cm³/mol. The van der Waals surface area contributed by atoms with Crippen molar-refractivity contribution in [1.29, 1.82) is 0 Å². The average molecular weight is 277 g/mol. The number of aryl methyl sites for hydroxylation is 1. The van der Waals surface area contributed by atoms with Crippen molar-refractivity contribution in [2.75, 3.05) is 5.32 Å². The second-order valence-electron chi connectivity index (χ2n) is 4.81. The number of anilines is 1. The van der Waals surface area contributed by atoms with Gasteiger partial charge in [-0.2, -0.15) is 0 Å². The van der Waals surface area contributed by atoms with Crippen LogP contribution in [-0.2, 0) is 0 Å². The van der Waals surface area contributed by atoms with Crippen molar-refractivity contribution in [3.8, 4) is 0 Å². The molecule has 2 aromatic rings. The zero-order valence-electron chi connectivity index (χ0n) is 10.4. The van der Waals surface area contributed by atoms with Crippen molar-refractivity contribution in [2.24, 2.45) is 0 Å². The van der Waals surface area contributed by atoms with Crippen molar-refractivity contribution in [3.05, 3.63) is 46.3 Å². The molecule has 1 aliphatic rings. The summed E-state index contributed by atoms with van der Waals surface area (Å²) in [6, 6.07) is 7.09. The summed E-state index contributed by atoms with van der Waals surface area (Å²) in [5.41, 5.74) is 1.92. The third kappa shape index (κ3) is 2.63. The molecule has 0 spiro atoms. The van der Waals surface area contributed by atoms with Gasteiger partial charge in [-0.3, -0.25) is 4.79 Å². The molecule has 0 unspecified atom stereocenters. The smallest absolute Gasteiger partial charge is 0.277 e. The zero-order chi connectivity index (χ0) is 13.4. The van der Waals surface area contributed by atoms with E-state index in [0.29, 0.717) is 22.3 Å². The Kier molecular flexibility index (Phi) is 3.03. The first kappa shape index (κ1) is 12.2. The second kappa shape index (κ2) is 4.70. The molecule has 0 bridgehead atoms. The zero-order valence-corrected chi connectivity index (χ0v) is 11.2. The maximum absolute atomic E-state index is 12.0. The standard InChI is InChI=1S/C14H13ClN2O2/c1-8-2-5-10(6-11(8)15)16-14(18)12-7-13(19-17-12)9-3-4-9/h2,5-7,9H,3-4H2,1H3,(H,16,18). The molecule has 5 heteroatoms. The Morgan fingerprint density at radius 2 is 2.21 bits per heavy atom. The molecule has 1 fully saturated rings. The molecule has 0 saturated heterocycles. The molecule has 1 heterocycles. The second-order valence-corrected chi connectivity index (χ2v) is 5.21. The highest BCUT2D eigenvalue weighted by Crippen LogP contribution is 2.40. The van der Waals surface area contributed by atoms with Crippen LogP contribution in [0.5, 0.6) is 0 Å². The Hall–Kier alpha value is -1.81. The topological polar surface area (TPSA) is 55.1 Å². The number of aromatic nitrogens is 1. The first-order valence-electron chi connectivity index (χ1n) is 6.17. The van der Waals surface area contributed by atoms with Gasteiger partial charge in [-0.15, -0.1) is 0 Å². The van der Waals surface area contributed by atoms with Gasteiger partial charge >= 0.3 is 0 Å². The SMILES string of the molecule is Cc1ccc(NC(=O)c2cc(C3CC3)on2)cc1Cl. The fourth-order valence-electron chi connectivity index (χ4n) is 1.82.